The van der Waals surface area contributed by atoms with E-state index < -0.39 is 41.7 Å². The average Bonchev–Trinajstić information content (AvgIpc) is 4.57. The summed E-state index contributed by atoms with van der Waals surface area (Å²) >= 11 is 0. The Morgan fingerprint density at radius 3 is 0.581 bits per heavy atom. The first-order valence-corrected chi connectivity index (χ1v) is 30.3. The number of nitrogens with two attached hydrogens (primary N) is 3. The molecule has 0 spiro atoms. The average molecular weight is 1220 g/mol. The highest BCUT2D eigenvalue weighted by Gasteiger charge is 2.36. The van der Waals surface area contributed by atoms with Gasteiger partial charge in [-0.3, -0.25) is 47.9 Å². The predicted octanol–water partition coefficient (Wildman–Crippen LogP) is 1.68. The van der Waals surface area contributed by atoms with E-state index in [1.807, 2.05) is 34.6 Å². The minimum atomic E-state index is -0.896. The molecule has 0 aliphatic carbocycles. The summed E-state index contributed by atoms with van der Waals surface area (Å²) in [4.78, 5) is 166. The van der Waals surface area contributed by atoms with Crippen molar-refractivity contribution in [1.29, 1.82) is 0 Å². The van der Waals surface area contributed by atoms with Crippen LogP contribution in [-0.2, 0) is 76.6 Å². The Bertz CT molecular complexity index is 2020. The van der Waals surface area contributed by atoms with Crippen molar-refractivity contribution in [3.8, 4) is 0 Å². The van der Waals surface area contributed by atoms with E-state index >= 15 is 0 Å². The molecule has 0 aromatic rings. The molecule has 0 unspecified atom stereocenters. The highest BCUT2D eigenvalue weighted by Crippen LogP contribution is 2.21. The molecule has 7 aliphatic rings. The first-order chi connectivity index (χ1) is 40.7. The molecular formula is C58H98N10O18. The van der Waals surface area contributed by atoms with Gasteiger partial charge in [0.25, 0.3) is 0 Å². The van der Waals surface area contributed by atoms with Crippen LogP contribution in [0.15, 0.2) is 0 Å². The van der Waals surface area contributed by atoms with Gasteiger partial charge in [0.2, 0.25) is 59.1 Å². The molecule has 28 nitrogen and oxygen atoms in total. The van der Waals surface area contributed by atoms with E-state index in [1.54, 1.807) is 38.3 Å². The van der Waals surface area contributed by atoms with E-state index in [4.69, 9.17) is 27.4 Å². The molecule has 7 atom stereocenters. The molecule has 7 aliphatic heterocycles. The van der Waals surface area contributed by atoms with Crippen LogP contribution in [0, 0.1) is 0 Å². The molecule has 7 fully saturated rings. The Morgan fingerprint density at radius 1 is 0.326 bits per heavy atom. The summed E-state index contributed by atoms with van der Waals surface area (Å²) < 4.78 is 9.26. The molecule has 28 heteroatoms. The van der Waals surface area contributed by atoms with Crippen LogP contribution in [0.25, 0.3) is 0 Å². The van der Waals surface area contributed by atoms with Gasteiger partial charge in [-0.2, -0.15) is 0 Å². The molecule has 86 heavy (non-hydrogen) atoms. The van der Waals surface area contributed by atoms with Crippen molar-refractivity contribution in [3.63, 3.8) is 0 Å². The number of esters is 2. The summed E-state index contributed by atoms with van der Waals surface area (Å²) in [6.45, 7) is 17.5. The van der Waals surface area contributed by atoms with Crippen LogP contribution in [0.2, 0.25) is 0 Å². The molecule has 0 radical (unpaired) electrons. The van der Waals surface area contributed by atoms with Crippen LogP contribution in [0.5, 0.6) is 0 Å². The topological polar surface area (TPSA) is 399 Å². The van der Waals surface area contributed by atoms with Crippen LogP contribution in [0.4, 0.5) is 0 Å². The normalized spacial score (nSPS) is 19.5. The van der Waals surface area contributed by atoms with Gasteiger partial charge in [0.1, 0.15) is 42.3 Å². The zero-order valence-electron chi connectivity index (χ0n) is 52.1. The summed E-state index contributed by atoms with van der Waals surface area (Å²) in [7, 11) is 2.71. The van der Waals surface area contributed by atoms with E-state index in [9.17, 15) is 67.1 Å². The molecule has 7 rings (SSSR count). The van der Waals surface area contributed by atoms with Crippen molar-refractivity contribution in [3.05, 3.63) is 0 Å². The van der Waals surface area contributed by atoms with Crippen molar-refractivity contribution in [2.24, 2.45) is 17.2 Å². The van der Waals surface area contributed by atoms with E-state index in [0.717, 1.165) is 44.9 Å². The van der Waals surface area contributed by atoms with Crippen molar-refractivity contribution in [2.75, 3.05) is 60.0 Å². The Hall–Kier alpha value is -7.42. The van der Waals surface area contributed by atoms with Crippen LogP contribution in [0.3, 0.4) is 0 Å². The third-order valence-corrected chi connectivity index (χ3v) is 15.6. The number of carbonyl (C=O) groups excluding carboxylic acids is 12. The van der Waals surface area contributed by atoms with Gasteiger partial charge in [0, 0.05) is 90.8 Å². The van der Waals surface area contributed by atoms with Gasteiger partial charge in [0.05, 0.1) is 14.2 Å². The van der Waals surface area contributed by atoms with Crippen LogP contribution in [-0.4, -0.2) is 230 Å². The van der Waals surface area contributed by atoms with E-state index in [-0.39, 0.29) is 83.5 Å². The Kier molecular flexibility index (Phi) is 35.7. The Balaban J connectivity index is 0.000000502. The maximum absolute atomic E-state index is 11.3. The smallest absolute Gasteiger partial charge is 0.328 e. The number of carboxylic acids is 2. The van der Waals surface area contributed by atoms with Crippen molar-refractivity contribution in [1.82, 2.24) is 34.3 Å². The molecule has 8 N–H and O–H groups in total. The fourth-order valence-corrected chi connectivity index (χ4v) is 11.1. The number of ether oxygens (including phenoxy) is 2. The SMILES string of the molecule is CC[C@@H](C(=O)O)N1CCCC1=O.CC[C@@H](C(=O)O)N1CCCC1=O.CC[C@@H](C(=O)OC)N1CCCC1=O.CC[C@@H](C(=O)OC)N1CCCC1=O.CC[C@@H](C(N)=O)N1CCCC1=O.CC[C@@H](C(N)=O)N1CCCC1=O.CC[C@H](C(N)=O)N1CCCC1=O. The molecule has 0 bridgehead atoms. The fraction of sp³-hybridized carbons (Fsp3) is 0.759. The zero-order valence-corrected chi connectivity index (χ0v) is 52.1. The summed E-state index contributed by atoms with van der Waals surface area (Å²) in [6.07, 6.45) is 13.7. The molecule has 7 saturated heterocycles. The van der Waals surface area contributed by atoms with Gasteiger partial charge >= 0.3 is 23.9 Å². The largest absolute Gasteiger partial charge is 0.480 e. The maximum Gasteiger partial charge on any atom is 0.328 e. The van der Waals surface area contributed by atoms with E-state index in [1.165, 1.54) is 24.0 Å². The minimum absolute atomic E-state index is 0.0238. The van der Waals surface area contributed by atoms with Crippen molar-refractivity contribution in [2.45, 2.75) is 226 Å². The molecule has 7 heterocycles. The number of amides is 10. The van der Waals surface area contributed by atoms with Crippen molar-refractivity contribution < 1.29 is 86.8 Å². The summed E-state index contributed by atoms with van der Waals surface area (Å²) in [5, 5.41) is 17.5. The second-order valence-corrected chi connectivity index (χ2v) is 21.2. The number of carboxylic acid groups (broad SMARTS) is 2. The number of likely N-dealkylation sites (tertiary alicyclic amines) is 7. The van der Waals surface area contributed by atoms with E-state index in [2.05, 4.69) is 9.47 Å². The number of aliphatic carboxylic acids is 2. The number of nitrogens with zero attached hydrogens (tertiary/aromatic N) is 7. The second-order valence-electron chi connectivity index (χ2n) is 21.2. The molecule has 0 saturated carbocycles. The van der Waals surface area contributed by atoms with Gasteiger partial charge in [-0.05, 0) is 89.9 Å². The van der Waals surface area contributed by atoms with Gasteiger partial charge in [-0.25, -0.2) is 19.2 Å². The molecule has 10 amide bonds. The summed E-state index contributed by atoms with van der Waals surface area (Å²) in [5.74, 6) is -3.34. The van der Waals surface area contributed by atoms with Crippen LogP contribution >= 0.6 is 0 Å². The molecule has 0 aromatic carbocycles. The zero-order chi connectivity index (χ0) is 65.4. The monoisotopic (exact) mass is 1220 g/mol. The van der Waals surface area contributed by atoms with Gasteiger partial charge in [0.15, 0.2) is 0 Å². The van der Waals surface area contributed by atoms with Gasteiger partial charge < -0.3 is 71.2 Å². The fourth-order valence-electron chi connectivity index (χ4n) is 11.1. The minimum Gasteiger partial charge on any atom is -0.480 e. The number of rotatable bonds is 21. The third kappa shape index (κ3) is 23.5. The molecule has 488 valence electrons. The van der Waals surface area contributed by atoms with Gasteiger partial charge in [-0.1, -0.05) is 48.5 Å². The standard InChI is InChI=1S/2C9H15NO3.3C8H14N2O2.2C8H13NO3/c2*1-3-7(9(12)13-2)10-6-4-5-8(10)11;3*1-2-6(8(9)12)10-5-3-4-7(10)11;2*1-2-6(8(11)12)9-5-3-4-7(9)10/h2*7H,3-6H2,1-2H3;3*6H,2-5H2,1H3,(H2,9,12);2*6H,2-5H2,1H3,(H,11,12)/t2*7-;5*6-/m0010000/s1. The number of methoxy groups -OCH3 is 2. The first kappa shape index (κ1) is 76.6. The lowest BCUT2D eigenvalue weighted by Crippen LogP contribution is -2.44. The van der Waals surface area contributed by atoms with E-state index in [0.29, 0.717) is 136 Å². The number of carbonyl (C=O) groups is 14. The van der Waals surface area contributed by atoms with Crippen LogP contribution in [0.1, 0.15) is 183 Å². The number of hydrogen-bond acceptors (Lipinski definition) is 16. The summed E-state index contributed by atoms with van der Waals surface area (Å²) in [6, 6.07) is -3.14. The first-order valence-electron chi connectivity index (χ1n) is 30.3. The van der Waals surface area contributed by atoms with Crippen molar-refractivity contribution >= 4 is 82.9 Å². The summed E-state index contributed by atoms with van der Waals surface area (Å²) in [5.41, 5.74) is 15.5. The molecule has 0 aromatic heterocycles. The van der Waals surface area contributed by atoms with Gasteiger partial charge in [-0.15, -0.1) is 0 Å². The highest BCUT2D eigenvalue weighted by molar-refractivity contribution is 5.90. The number of primary amides is 3. The predicted molar refractivity (Wildman–Crippen MR) is 312 cm³/mol. The lowest BCUT2D eigenvalue weighted by atomic mass is 10.2. The second kappa shape index (κ2) is 40.1. The quantitative estimate of drug-likeness (QED) is 0.102. The lowest BCUT2D eigenvalue weighted by molar-refractivity contribution is -0.151. The maximum atomic E-state index is 11.3. The lowest BCUT2D eigenvalue weighted by Gasteiger charge is -2.23. The Labute approximate surface area is 505 Å². The van der Waals surface area contributed by atoms with Crippen LogP contribution < -0.4 is 17.2 Å². The highest BCUT2D eigenvalue weighted by atomic mass is 16.5. The molecular weight excluding hydrogens is 1120 g/mol. The third-order valence-electron chi connectivity index (χ3n) is 15.6. The number of hydrogen-bond donors (Lipinski definition) is 5. The Morgan fingerprint density at radius 2 is 0.477 bits per heavy atom.